The van der Waals surface area contributed by atoms with Crippen molar-refractivity contribution in [1.29, 1.82) is 0 Å². The second kappa shape index (κ2) is 6.46. The Morgan fingerprint density at radius 3 is 2.38 bits per heavy atom. The van der Waals surface area contributed by atoms with E-state index in [1.54, 1.807) is 0 Å². The molecule has 0 amide bonds. The zero-order valence-electron chi connectivity index (χ0n) is 18.9. The molecule has 4 rings (SSSR count). The Morgan fingerprint density at radius 1 is 1.10 bits per heavy atom. The highest BCUT2D eigenvalue weighted by Gasteiger charge is 2.57. The van der Waals surface area contributed by atoms with Gasteiger partial charge in [-0.25, -0.2) is 0 Å². The molecule has 0 fully saturated rings. The second-order valence-electron chi connectivity index (χ2n) is 9.17. The minimum Gasteiger partial charge on any atom is -0.268 e. The first-order valence-corrected chi connectivity index (χ1v) is 10.4. The van der Waals surface area contributed by atoms with Crippen LogP contribution in [0.1, 0.15) is 52.0 Å². The molecule has 0 bridgehead atoms. The van der Waals surface area contributed by atoms with Gasteiger partial charge in [-0.1, -0.05) is 12.1 Å². The molecule has 0 N–H and O–H groups in total. The summed E-state index contributed by atoms with van der Waals surface area (Å²) in [5, 5.41) is 9.54. The van der Waals surface area contributed by atoms with Crippen molar-refractivity contribution in [3.8, 4) is 0 Å². The Morgan fingerprint density at radius 2 is 1.79 bits per heavy atom. The van der Waals surface area contributed by atoms with Crippen molar-refractivity contribution in [1.82, 2.24) is 24.0 Å². The fourth-order valence-corrected chi connectivity index (χ4v) is 4.94. The zero-order chi connectivity index (χ0) is 21.1. The predicted molar refractivity (Wildman–Crippen MR) is 119 cm³/mol. The average molecular weight is 394 g/mol. The number of anilines is 2. The third-order valence-electron chi connectivity index (χ3n) is 6.92. The number of aromatic nitrogens is 4. The lowest BCUT2D eigenvalue weighted by molar-refractivity contribution is 0.121. The summed E-state index contributed by atoms with van der Waals surface area (Å²) >= 11 is 0. The summed E-state index contributed by atoms with van der Waals surface area (Å²) in [6.07, 6.45) is 2.25. The normalized spacial score (nSPS) is 21.8. The Kier molecular flexibility index (Phi) is 4.39. The van der Waals surface area contributed by atoms with Crippen LogP contribution in [0.25, 0.3) is 0 Å². The molecule has 0 radical (unpaired) electrons. The molecule has 0 saturated heterocycles. The van der Waals surface area contributed by atoms with Crippen molar-refractivity contribution in [2.24, 2.45) is 7.05 Å². The number of quaternary nitrogens is 1. The van der Waals surface area contributed by atoms with E-state index in [-0.39, 0.29) is 11.7 Å². The summed E-state index contributed by atoms with van der Waals surface area (Å²) in [5.41, 5.74) is 4.62. The van der Waals surface area contributed by atoms with Crippen molar-refractivity contribution in [3.63, 3.8) is 0 Å². The van der Waals surface area contributed by atoms with Crippen LogP contribution >= 0.6 is 0 Å². The average Bonchev–Trinajstić information content (AvgIpc) is 3.33. The van der Waals surface area contributed by atoms with Crippen LogP contribution in [0.2, 0.25) is 0 Å². The number of hydrogen-bond acceptors (Lipinski definition) is 3. The molecule has 1 aliphatic heterocycles. The molecular formula is C23H33N6+. The van der Waals surface area contributed by atoms with E-state index in [4.69, 9.17) is 5.10 Å². The van der Waals surface area contributed by atoms with Crippen LogP contribution in [-0.2, 0) is 12.6 Å². The first-order valence-electron chi connectivity index (χ1n) is 10.4. The summed E-state index contributed by atoms with van der Waals surface area (Å²) in [4.78, 5) is 2.39. The quantitative estimate of drug-likeness (QED) is 0.593. The first kappa shape index (κ1) is 19.7. The Labute approximate surface area is 173 Å². The van der Waals surface area contributed by atoms with E-state index < -0.39 is 0 Å². The van der Waals surface area contributed by atoms with Crippen LogP contribution in [0, 0.1) is 6.92 Å². The van der Waals surface area contributed by atoms with Gasteiger partial charge in [0.2, 0.25) is 0 Å². The molecule has 154 valence electrons. The minimum absolute atomic E-state index is 0.174. The van der Waals surface area contributed by atoms with Gasteiger partial charge in [-0.2, -0.15) is 10.2 Å². The summed E-state index contributed by atoms with van der Waals surface area (Å²) in [5.74, 6) is 0.998. The van der Waals surface area contributed by atoms with Crippen LogP contribution in [0.4, 0.5) is 17.2 Å². The van der Waals surface area contributed by atoms with Gasteiger partial charge < -0.3 is 0 Å². The maximum absolute atomic E-state index is 4.90. The van der Waals surface area contributed by atoms with Gasteiger partial charge >= 0.3 is 0 Å². The third-order valence-corrected chi connectivity index (χ3v) is 6.92. The molecule has 6 nitrogen and oxygen atoms in total. The molecule has 1 aromatic carbocycles. The van der Waals surface area contributed by atoms with E-state index in [1.165, 1.54) is 17.1 Å². The van der Waals surface area contributed by atoms with Crippen LogP contribution in [0.3, 0.4) is 0 Å². The smallest absolute Gasteiger partial charge is 0.172 e. The summed E-state index contributed by atoms with van der Waals surface area (Å²) in [6, 6.07) is 13.4. The monoisotopic (exact) mass is 393 g/mol. The number of nitrogens with zero attached hydrogens (tertiary/aromatic N) is 6. The maximum atomic E-state index is 4.90. The van der Waals surface area contributed by atoms with Gasteiger partial charge in [-0.05, 0) is 46.8 Å². The maximum Gasteiger partial charge on any atom is 0.172 e. The highest BCUT2D eigenvalue weighted by Crippen LogP contribution is 2.53. The number of benzene rings is 1. The molecule has 0 saturated carbocycles. The lowest BCUT2D eigenvalue weighted by atomic mass is 9.93. The summed E-state index contributed by atoms with van der Waals surface area (Å²) in [6.45, 7) is 13.3. The molecular weight excluding hydrogens is 360 g/mol. The molecule has 3 aromatic rings. The van der Waals surface area contributed by atoms with Gasteiger partial charge in [0.05, 0.1) is 18.4 Å². The zero-order valence-corrected chi connectivity index (χ0v) is 18.9. The fourth-order valence-electron chi connectivity index (χ4n) is 4.94. The minimum atomic E-state index is -0.194. The SMILES string of the molecule is Cc1cc(C(C)(C)[N+]2(C)c3ccccc3N(c3ccn(C(C)C)n3)[C@H]2C)n(C)n1. The van der Waals surface area contributed by atoms with E-state index in [0.717, 1.165) is 16.0 Å². The lowest BCUT2D eigenvalue weighted by Gasteiger charge is -2.47. The standard InChI is InChI=1S/C23H33N6/c1-16(2)27-14-13-22(25-27)28-18(4)29(8,20-12-10-9-11-19(20)28)23(5,6)21-15-17(3)24-26(21)7/h9-16,18H,1-8H3/q+1/t18-,29?/m1/s1. The highest BCUT2D eigenvalue weighted by molar-refractivity contribution is 5.80. The summed E-state index contributed by atoms with van der Waals surface area (Å²) in [7, 11) is 4.39. The van der Waals surface area contributed by atoms with Gasteiger partial charge in [0.1, 0.15) is 11.2 Å². The third kappa shape index (κ3) is 2.65. The van der Waals surface area contributed by atoms with Gasteiger partial charge in [-0.15, -0.1) is 0 Å². The molecule has 0 aliphatic carbocycles. The number of hydrogen-bond donors (Lipinski definition) is 0. The second-order valence-corrected chi connectivity index (χ2v) is 9.17. The Bertz CT molecular complexity index is 1040. The van der Waals surface area contributed by atoms with E-state index in [2.05, 4.69) is 101 Å². The van der Waals surface area contributed by atoms with Gasteiger partial charge in [-0.3, -0.25) is 18.7 Å². The van der Waals surface area contributed by atoms with Crippen molar-refractivity contribution in [2.45, 2.75) is 59.3 Å². The van der Waals surface area contributed by atoms with Crippen molar-refractivity contribution >= 4 is 17.2 Å². The number of rotatable bonds is 4. The van der Waals surface area contributed by atoms with Crippen LogP contribution in [0.15, 0.2) is 42.6 Å². The van der Waals surface area contributed by atoms with Crippen LogP contribution in [-0.4, -0.2) is 32.8 Å². The highest BCUT2D eigenvalue weighted by atomic mass is 15.6. The van der Waals surface area contributed by atoms with Crippen molar-refractivity contribution < 1.29 is 0 Å². The molecule has 2 aromatic heterocycles. The molecule has 1 unspecified atom stereocenters. The van der Waals surface area contributed by atoms with Crippen LogP contribution in [0.5, 0.6) is 0 Å². The molecule has 2 atom stereocenters. The number of para-hydroxylation sites is 2. The molecule has 1 aliphatic rings. The first-order chi connectivity index (χ1) is 13.6. The van der Waals surface area contributed by atoms with Gasteiger partial charge in [0.15, 0.2) is 17.7 Å². The molecule has 3 heterocycles. The molecule has 6 heteroatoms. The van der Waals surface area contributed by atoms with E-state index in [9.17, 15) is 0 Å². The summed E-state index contributed by atoms with van der Waals surface area (Å²) < 4.78 is 4.81. The van der Waals surface area contributed by atoms with Gasteiger partial charge in [0.25, 0.3) is 0 Å². The Balaban J connectivity index is 1.89. The fraction of sp³-hybridized carbons (Fsp3) is 0.478. The van der Waals surface area contributed by atoms with Crippen molar-refractivity contribution in [3.05, 3.63) is 54.0 Å². The van der Waals surface area contributed by atoms with Gasteiger partial charge in [0, 0.05) is 38.3 Å². The number of aryl methyl sites for hydroxylation is 2. The van der Waals surface area contributed by atoms with E-state index in [1.807, 2.05) is 16.4 Å². The van der Waals surface area contributed by atoms with Crippen LogP contribution < -0.4 is 9.38 Å². The van der Waals surface area contributed by atoms with E-state index >= 15 is 0 Å². The topological polar surface area (TPSA) is 38.9 Å². The molecule has 29 heavy (non-hydrogen) atoms. The Hall–Kier alpha value is -2.60. The largest absolute Gasteiger partial charge is 0.268 e. The lowest BCUT2D eigenvalue weighted by Crippen LogP contribution is -2.64. The predicted octanol–water partition coefficient (Wildman–Crippen LogP) is 4.88. The molecule has 0 spiro atoms. The van der Waals surface area contributed by atoms with E-state index in [0.29, 0.717) is 6.04 Å². The van der Waals surface area contributed by atoms with Crippen molar-refractivity contribution in [2.75, 3.05) is 11.9 Å². The number of fused-ring (bicyclic) bond motifs is 1.